The van der Waals surface area contributed by atoms with E-state index in [0.717, 1.165) is 11.1 Å². The molecule has 7 heteroatoms. The Balaban J connectivity index is 1.55. The van der Waals surface area contributed by atoms with Gasteiger partial charge in [-0.05, 0) is 30.7 Å². The van der Waals surface area contributed by atoms with Crippen molar-refractivity contribution in [2.24, 2.45) is 0 Å². The predicted molar refractivity (Wildman–Crippen MR) is 95.5 cm³/mol. The molecule has 0 bridgehead atoms. The molecule has 0 aliphatic carbocycles. The first-order valence-electron chi connectivity index (χ1n) is 7.70. The number of nitrogens with zero attached hydrogens (tertiary/aromatic N) is 4. The van der Waals surface area contributed by atoms with Gasteiger partial charge in [-0.3, -0.25) is 9.20 Å². The van der Waals surface area contributed by atoms with Gasteiger partial charge in [-0.1, -0.05) is 36.0 Å². The van der Waals surface area contributed by atoms with Crippen LogP contribution in [0.25, 0.3) is 17.1 Å². The van der Waals surface area contributed by atoms with Crippen molar-refractivity contribution < 1.29 is 4.42 Å². The summed E-state index contributed by atoms with van der Waals surface area (Å²) < 4.78 is 7.23. The molecule has 0 fully saturated rings. The Kier molecular flexibility index (Phi) is 4.07. The molecule has 0 saturated carbocycles. The van der Waals surface area contributed by atoms with E-state index in [1.54, 1.807) is 18.3 Å². The van der Waals surface area contributed by atoms with Crippen LogP contribution in [-0.2, 0) is 5.75 Å². The normalized spacial score (nSPS) is 11.1. The van der Waals surface area contributed by atoms with E-state index in [1.165, 1.54) is 22.2 Å². The molecule has 0 N–H and O–H groups in total. The summed E-state index contributed by atoms with van der Waals surface area (Å²) in [7, 11) is 0. The molecule has 4 aromatic rings. The van der Waals surface area contributed by atoms with Crippen LogP contribution in [0.4, 0.5) is 0 Å². The van der Waals surface area contributed by atoms with Gasteiger partial charge in [0, 0.05) is 23.6 Å². The average Bonchev–Trinajstić information content (AvgIpc) is 3.09. The fourth-order valence-electron chi connectivity index (χ4n) is 2.50. The number of aromatic nitrogens is 4. The van der Waals surface area contributed by atoms with Crippen molar-refractivity contribution in [1.29, 1.82) is 0 Å². The van der Waals surface area contributed by atoms with Crippen molar-refractivity contribution in [2.45, 2.75) is 17.9 Å². The third-order valence-electron chi connectivity index (χ3n) is 3.75. The molecule has 0 unspecified atom stereocenters. The third-order valence-corrected chi connectivity index (χ3v) is 4.60. The standard InChI is InChI=1S/C18H14N4O2S/c1-12-6-2-3-7-14(12)17-20-21-18(24-17)25-11-13-10-16(23)22-9-5-4-8-15(22)19-13/h2-10H,11H2,1H3. The fraction of sp³-hybridized carbons (Fsp3) is 0.111. The quantitative estimate of drug-likeness (QED) is 0.526. The van der Waals surface area contributed by atoms with Crippen LogP contribution in [0, 0.1) is 6.92 Å². The van der Waals surface area contributed by atoms with Crippen LogP contribution in [0.2, 0.25) is 0 Å². The molecule has 3 aromatic heterocycles. The molecule has 0 amide bonds. The van der Waals surface area contributed by atoms with E-state index in [0.29, 0.717) is 28.2 Å². The number of thioether (sulfide) groups is 1. The van der Waals surface area contributed by atoms with Crippen molar-refractivity contribution in [3.05, 3.63) is 76.3 Å². The second-order valence-electron chi connectivity index (χ2n) is 5.49. The number of hydrogen-bond donors (Lipinski definition) is 0. The third kappa shape index (κ3) is 3.18. The Morgan fingerprint density at radius 1 is 1.12 bits per heavy atom. The van der Waals surface area contributed by atoms with Gasteiger partial charge in [-0.25, -0.2) is 4.98 Å². The first-order chi connectivity index (χ1) is 12.2. The van der Waals surface area contributed by atoms with Crippen LogP contribution in [-0.4, -0.2) is 19.6 Å². The van der Waals surface area contributed by atoms with Crippen LogP contribution in [0.5, 0.6) is 0 Å². The Bertz CT molecular complexity index is 1100. The highest BCUT2D eigenvalue weighted by Gasteiger charge is 2.11. The molecule has 4 rings (SSSR count). The van der Waals surface area contributed by atoms with Gasteiger partial charge in [-0.2, -0.15) is 0 Å². The zero-order chi connectivity index (χ0) is 17.2. The topological polar surface area (TPSA) is 73.3 Å². The van der Waals surface area contributed by atoms with Gasteiger partial charge >= 0.3 is 0 Å². The van der Waals surface area contributed by atoms with Crippen molar-refractivity contribution in [1.82, 2.24) is 19.6 Å². The SMILES string of the molecule is Cc1ccccc1-c1nnc(SCc2cc(=O)n3ccccc3n2)o1. The lowest BCUT2D eigenvalue weighted by Crippen LogP contribution is -2.14. The lowest BCUT2D eigenvalue weighted by molar-refractivity contribution is 0.465. The minimum Gasteiger partial charge on any atom is -0.411 e. The van der Waals surface area contributed by atoms with Gasteiger partial charge in [0.15, 0.2) is 0 Å². The van der Waals surface area contributed by atoms with Crippen LogP contribution in [0.3, 0.4) is 0 Å². The number of benzene rings is 1. The minimum absolute atomic E-state index is 0.104. The number of pyridine rings is 1. The second kappa shape index (κ2) is 6.52. The van der Waals surface area contributed by atoms with Crippen molar-refractivity contribution in [2.75, 3.05) is 0 Å². The molecule has 0 saturated heterocycles. The van der Waals surface area contributed by atoms with Crippen molar-refractivity contribution >= 4 is 17.4 Å². The lowest BCUT2D eigenvalue weighted by atomic mass is 10.1. The molecule has 0 spiro atoms. The van der Waals surface area contributed by atoms with Gasteiger partial charge in [-0.15, -0.1) is 10.2 Å². The molecule has 6 nitrogen and oxygen atoms in total. The summed E-state index contributed by atoms with van der Waals surface area (Å²) >= 11 is 1.36. The van der Waals surface area contributed by atoms with Gasteiger partial charge < -0.3 is 4.42 Å². The van der Waals surface area contributed by atoms with E-state index < -0.39 is 0 Å². The predicted octanol–water partition coefficient (Wildman–Crippen LogP) is 3.35. The zero-order valence-corrected chi connectivity index (χ0v) is 14.2. The summed E-state index contributed by atoms with van der Waals surface area (Å²) in [5.41, 5.74) is 3.19. The zero-order valence-electron chi connectivity index (χ0n) is 13.4. The Labute approximate surface area is 147 Å². The summed E-state index contributed by atoms with van der Waals surface area (Å²) in [6.45, 7) is 2.00. The summed E-state index contributed by atoms with van der Waals surface area (Å²) in [6, 6.07) is 14.8. The Morgan fingerprint density at radius 2 is 1.96 bits per heavy atom. The molecular weight excluding hydrogens is 336 g/mol. The van der Waals surface area contributed by atoms with E-state index in [2.05, 4.69) is 15.2 Å². The maximum Gasteiger partial charge on any atom is 0.277 e. The summed E-state index contributed by atoms with van der Waals surface area (Å²) in [4.78, 5) is 16.6. The Morgan fingerprint density at radius 3 is 2.84 bits per heavy atom. The van der Waals surface area contributed by atoms with Gasteiger partial charge in [0.1, 0.15) is 5.65 Å². The average molecular weight is 350 g/mol. The number of aryl methyl sites for hydroxylation is 1. The maximum atomic E-state index is 12.1. The van der Waals surface area contributed by atoms with Gasteiger partial charge in [0.2, 0.25) is 5.89 Å². The lowest BCUT2D eigenvalue weighted by Gasteiger charge is -2.02. The highest BCUT2D eigenvalue weighted by molar-refractivity contribution is 7.98. The van der Waals surface area contributed by atoms with E-state index in [1.807, 2.05) is 37.3 Å². The van der Waals surface area contributed by atoms with Gasteiger partial charge in [0.25, 0.3) is 10.8 Å². The molecule has 25 heavy (non-hydrogen) atoms. The molecule has 124 valence electrons. The molecule has 3 heterocycles. The summed E-state index contributed by atoms with van der Waals surface area (Å²) in [5, 5.41) is 8.62. The first-order valence-corrected chi connectivity index (χ1v) is 8.69. The minimum atomic E-state index is -0.104. The molecule has 0 atom stereocenters. The fourth-order valence-corrected chi connectivity index (χ4v) is 3.16. The highest BCUT2D eigenvalue weighted by Crippen LogP contribution is 2.26. The van der Waals surface area contributed by atoms with E-state index >= 15 is 0 Å². The number of rotatable bonds is 4. The first kappa shape index (κ1) is 15.6. The molecular formula is C18H14N4O2S. The summed E-state index contributed by atoms with van der Waals surface area (Å²) in [5.74, 6) is 0.975. The molecule has 1 aromatic carbocycles. The highest BCUT2D eigenvalue weighted by atomic mass is 32.2. The van der Waals surface area contributed by atoms with Crippen LogP contribution in [0.1, 0.15) is 11.3 Å². The Hall–Kier alpha value is -2.93. The van der Waals surface area contributed by atoms with Gasteiger partial charge in [0.05, 0.1) is 5.69 Å². The van der Waals surface area contributed by atoms with Crippen molar-refractivity contribution in [3.8, 4) is 11.5 Å². The van der Waals surface area contributed by atoms with Crippen molar-refractivity contribution in [3.63, 3.8) is 0 Å². The largest absolute Gasteiger partial charge is 0.411 e. The molecule has 0 aliphatic heterocycles. The molecule has 0 radical (unpaired) electrons. The molecule has 0 aliphatic rings. The van der Waals surface area contributed by atoms with Crippen LogP contribution >= 0.6 is 11.8 Å². The number of fused-ring (bicyclic) bond motifs is 1. The van der Waals surface area contributed by atoms with Crippen LogP contribution < -0.4 is 5.56 Å². The van der Waals surface area contributed by atoms with E-state index in [9.17, 15) is 4.79 Å². The van der Waals surface area contributed by atoms with E-state index in [4.69, 9.17) is 4.42 Å². The number of hydrogen-bond acceptors (Lipinski definition) is 6. The van der Waals surface area contributed by atoms with E-state index in [-0.39, 0.29) is 5.56 Å². The smallest absolute Gasteiger partial charge is 0.277 e. The second-order valence-corrected chi connectivity index (χ2v) is 6.42. The monoisotopic (exact) mass is 350 g/mol. The van der Waals surface area contributed by atoms with Crippen LogP contribution in [0.15, 0.2) is 69.2 Å². The maximum absolute atomic E-state index is 12.1. The summed E-state index contributed by atoms with van der Waals surface area (Å²) in [6.07, 6.45) is 1.70.